The standard InChI is InChI=1S/C20H29N5O4/c1-13(2)17(24-20(21)27)19(26)22-12-6-4-5-7-16-23-18(25-29-16)14-8-10-15(28-3)11-9-14/h8-11,13,17H,4-7,12H2,1-3H3,(H,22,26)(H3,21,24,27)/t17-/m0/s1. The van der Waals surface area contributed by atoms with Gasteiger partial charge >= 0.3 is 6.03 Å². The molecule has 29 heavy (non-hydrogen) atoms. The summed E-state index contributed by atoms with van der Waals surface area (Å²) in [4.78, 5) is 27.5. The lowest BCUT2D eigenvalue weighted by Gasteiger charge is -2.20. The molecule has 0 saturated carbocycles. The Balaban J connectivity index is 1.68. The number of nitrogens with one attached hydrogen (secondary N) is 2. The number of nitrogens with zero attached hydrogens (tertiary/aromatic N) is 2. The molecule has 1 aromatic heterocycles. The molecule has 0 spiro atoms. The first-order valence-electron chi connectivity index (χ1n) is 9.71. The number of aryl methyl sites for hydroxylation is 1. The van der Waals surface area contributed by atoms with E-state index in [0.29, 0.717) is 24.7 Å². The van der Waals surface area contributed by atoms with Crippen molar-refractivity contribution < 1.29 is 18.8 Å². The zero-order valence-corrected chi connectivity index (χ0v) is 17.1. The zero-order valence-electron chi connectivity index (χ0n) is 17.1. The second-order valence-electron chi connectivity index (χ2n) is 7.07. The average molecular weight is 403 g/mol. The zero-order chi connectivity index (χ0) is 21.2. The number of hydrogen-bond acceptors (Lipinski definition) is 6. The quantitative estimate of drug-likeness (QED) is 0.493. The van der Waals surface area contributed by atoms with E-state index in [2.05, 4.69) is 20.8 Å². The Morgan fingerprint density at radius 1 is 1.17 bits per heavy atom. The molecule has 0 radical (unpaired) electrons. The molecule has 1 atom stereocenters. The van der Waals surface area contributed by atoms with Crippen LogP contribution < -0.4 is 21.1 Å². The summed E-state index contributed by atoms with van der Waals surface area (Å²) in [5.74, 6) is 1.65. The SMILES string of the molecule is COc1ccc(-c2noc(CCCCCNC(=O)[C@@H](NC(N)=O)C(C)C)n2)cc1. The largest absolute Gasteiger partial charge is 0.497 e. The molecular formula is C20H29N5O4. The van der Waals surface area contributed by atoms with E-state index >= 15 is 0 Å². The molecule has 1 aromatic carbocycles. The number of urea groups is 1. The van der Waals surface area contributed by atoms with Gasteiger partial charge in [-0.3, -0.25) is 4.79 Å². The lowest BCUT2D eigenvalue weighted by Crippen LogP contribution is -2.51. The number of hydrogen-bond donors (Lipinski definition) is 3. The van der Waals surface area contributed by atoms with Crippen molar-refractivity contribution >= 4 is 11.9 Å². The number of carbonyl (C=O) groups is 2. The highest BCUT2D eigenvalue weighted by Crippen LogP contribution is 2.20. The van der Waals surface area contributed by atoms with Crippen LogP contribution in [0.25, 0.3) is 11.4 Å². The van der Waals surface area contributed by atoms with Gasteiger partial charge in [-0.15, -0.1) is 0 Å². The summed E-state index contributed by atoms with van der Waals surface area (Å²) in [6, 6.07) is 6.14. The molecule has 0 saturated heterocycles. The molecule has 3 amide bonds. The second-order valence-corrected chi connectivity index (χ2v) is 7.07. The summed E-state index contributed by atoms with van der Waals surface area (Å²) in [6.07, 6.45) is 3.25. The van der Waals surface area contributed by atoms with Crippen molar-refractivity contribution in [1.29, 1.82) is 0 Å². The Labute approximate surface area is 170 Å². The van der Waals surface area contributed by atoms with Crippen molar-refractivity contribution in [3.63, 3.8) is 0 Å². The van der Waals surface area contributed by atoms with Crippen molar-refractivity contribution in [1.82, 2.24) is 20.8 Å². The topological polar surface area (TPSA) is 132 Å². The molecule has 0 aliphatic heterocycles. The number of methoxy groups -OCH3 is 1. The van der Waals surface area contributed by atoms with E-state index in [1.54, 1.807) is 7.11 Å². The van der Waals surface area contributed by atoms with Crippen molar-refractivity contribution in [2.24, 2.45) is 11.7 Å². The maximum absolute atomic E-state index is 12.1. The summed E-state index contributed by atoms with van der Waals surface area (Å²) in [5, 5.41) is 9.31. The Morgan fingerprint density at radius 3 is 2.52 bits per heavy atom. The molecule has 0 aliphatic rings. The molecule has 9 heteroatoms. The maximum atomic E-state index is 12.1. The van der Waals surface area contributed by atoms with Crippen LogP contribution in [0.15, 0.2) is 28.8 Å². The van der Waals surface area contributed by atoms with Crippen LogP contribution in [0, 0.1) is 5.92 Å². The van der Waals surface area contributed by atoms with Gasteiger partial charge in [0, 0.05) is 18.5 Å². The van der Waals surface area contributed by atoms with E-state index in [-0.39, 0.29) is 11.8 Å². The minimum absolute atomic E-state index is 0.0417. The number of carbonyl (C=O) groups excluding carboxylic acids is 2. The molecule has 158 valence electrons. The first-order chi connectivity index (χ1) is 13.9. The molecular weight excluding hydrogens is 374 g/mol. The van der Waals surface area contributed by atoms with Gasteiger partial charge in [0.2, 0.25) is 17.6 Å². The van der Waals surface area contributed by atoms with Crippen LogP contribution in [0.1, 0.15) is 39.0 Å². The summed E-state index contributed by atoms with van der Waals surface area (Å²) in [5.41, 5.74) is 5.98. The number of aromatic nitrogens is 2. The van der Waals surface area contributed by atoms with Crippen molar-refractivity contribution in [2.45, 2.75) is 45.6 Å². The molecule has 4 N–H and O–H groups in total. The minimum atomic E-state index is -0.701. The highest BCUT2D eigenvalue weighted by Gasteiger charge is 2.22. The van der Waals surface area contributed by atoms with Crippen LogP contribution >= 0.6 is 0 Å². The fourth-order valence-electron chi connectivity index (χ4n) is 2.80. The predicted molar refractivity (Wildman–Crippen MR) is 108 cm³/mol. The third kappa shape index (κ3) is 7.10. The van der Waals surface area contributed by atoms with Crippen LogP contribution in [0.2, 0.25) is 0 Å². The van der Waals surface area contributed by atoms with E-state index in [9.17, 15) is 9.59 Å². The fraction of sp³-hybridized carbons (Fsp3) is 0.500. The van der Waals surface area contributed by atoms with Gasteiger partial charge in [0.15, 0.2) is 0 Å². The van der Waals surface area contributed by atoms with Crippen LogP contribution in [0.3, 0.4) is 0 Å². The summed E-state index contributed by atoms with van der Waals surface area (Å²) >= 11 is 0. The van der Waals surface area contributed by atoms with Crippen LogP contribution in [-0.4, -0.2) is 41.8 Å². The van der Waals surface area contributed by atoms with Gasteiger partial charge in [0.1, 0.15) is 11.8 Å². The lowest BCUT2D eigenvalue weighted by molar-refractivity contribution is -0.123. The number of rotatable bonds is 11. The first-order valence-corrected chi connectivity index (χ1v) is 9.71. The van der Waals surface area contributed by atoms with Crippen molar-refractivity contribution in [3.05, 3.63) is 30.2 Å². The number of benzene rings is 1. The van der Waals surface area contributed by atoms with Gasteiger partial charge in [0.25, 0.3) is 0 Å². The third-order valence-electron chi connectivity index (χ3n) is 4.43. The lowest BCUT2D eigenvalue weighted by atomic mass is 10.0. The second kappa shape index (κ2) is 11.0. The van der Waals surface area contributed by atoms with E-state index in [1.807, 2.05) is 38.1 Å². The Hall–Kier alpha value is -3.10. The van der Waals surface area contributed by atoms with E-state index in [4.69, 9.17) is 15.0 Å². The molecule has 0 aliphatic carbocycles. The Kier molecular flexibility index (Phi) is 8.45. The average Bonchev–Trinajstić information content (AvgIpc) is 3.17. The van der Waals surface area contributed by atoms with Crippen molar-refractivity contribution in [2.75, 3.05) is 13.7 Å². The van der Waals surface area contributed by atoms with Gasteiger partial charge < -0.3 is 25.6 Å². The summed E-state index contributed by atoms with van der Waals surface area (Å²) in [6.45, 7) is 4.24. The van der Waals surface area contributed by atoms with Gasteiger partial charge in [0.05, 0.1) is 7.11 Å². The Morgan fingerprint density at radius 2 is 1.90 bits per heavy atom. The molecule has 1 heterocycles. The third-order valence-corrected chi connectivity index (χ3v) is 4.43. The molecule has 0 fully saturated rings. The monoisotopic (exact) mass is 403 g/mol. The number of unbranched alkanes of at least 4 members (excludes halogenated alkanes) is 2. The van der Waals surface area contributed by atoms with Crippen molar-refractivity contribution in [3.8, 4) is 17.1 Å². The smallest absolute Gasteiger partial charge is 0.312 e. The van der Waals surface area contributed by atoms with Crippen LogP contribution in [-0.2, 0) is 11.2 Å². The minimum Gasteiger partial charge on any atom is -0.497 e. The molecule has 0 unspecified atom stereocenters. The maximum Gasteiger partial charge on any atom is 0.312 e. The highest BCUT2D eigenvalue weighted by atomic mass is 16.5. The van der Waals surface area contributed by atoms with Gasteiger partial charge in [-0.1, -0.05) is 25.4 Å². The van der Waals surface area contributed by atoms with Crippen LogP contribution in [0.5, 0.6) is 5.75 Å². The summed E-state index contributed by atoms with van der Waals surface area (Å²) in [7, 11) is 1.62. The fourth-order valence-corrected chi connectivity index (χ4v) is 2.80. The van der Waals surface area contributed by atoms with Gasteiger partial charge in [-0.2, -0.15) is 4.98 Å². The molecule has 2 aromatic rings. The van der Waals surface area contributed by atoms with E-state index < -0.39 is 12.1 Å². The number of nitrogens with two attached hydrogens (primary N) is 1. The number of ether oxygens (including phenoxy) is 1. The number of primary amides is 1. The van der Waals surface area contributed by atoms with E-state index in [0.717, 1.165) is 30.6 Å². The highest BCUT2D eigenvalue weighted by molar-refractivity contribution is 5.86. The molecule has 9 nitrogen and oxygen atoms in total. The Bertz CT molecular complexity index is 788. The normalized spacial score (nSPS) is 11.9. The van der Waals surface area contributed by atoms with Gasteiger partial charge in [-0.05, 0) is 43.0 Å². The van der Waals surface area contributed by atoms with Crippen LogP contribution in [0.4, 0.5) is 4.79 Å². The van der Waals surface area contributed by atoms with Gasteiger partial charge in [-0.25, -0.2) is 4.79 Å². The molecule has 0 bridgehead atoms. The molecule has 2 rings (SSSR count). The van der Waals surface area contributed by atoms with E-state index in [1.165, 1.54) is 0 Å². The predicted octanol–water partition coefficient (Wildman–Crippen LogP) is 2.27. The first kappa shape index (κ1) is 22.2. The number of amides is 3. The summed E-state index contributed by atoms with van der Waals surface area (Å²) < 4.78 is 10.4.